The van der Waals surface area contributed by atoms with Crippen LogP contribution in [0.2, 0.25) is 0 Å². The number of nitrogens with zero attached hydrogens (tertiary/aromatic N) is 2. The largest absolute Gasteiger partial charge is 0.416 e. The van der Waals surface area contributed by atoms with Crippen molar-refractivity contribution < 1.29 is 18.0 Å². The number of pyridine rings is 1. The lowest BCUT2D eigenvalue weighted by Crippen LogP contribution is -2.12. The van der Waals surface area contributed by atoms with E-state index in [1.54, 1.807) is 12.1 Å². The summed E-state index contributed by atoms with van der Waals surface area (Å²) < 4.78 is 37.4. The molecule has 0 radical (unpaired) electrons. The number of ketones is 1. The van der Waals surface area contributed by atoms with Crippen LogP contribution in [0.15, 0.2) is 48.8 Å². The monoisotopic (exact) mass is 290 g/mol. The van der Waals surface area contributed by atoms with E-state index in [0.29, 0.717) is 5.56 Å². The molecule has 1 heterocycles. The molecule has 2 rings (SSSR count). The highest BCUT2D eigenvalue weighted by molar-refractivity contribution is 6.02. The predicted octanol–water partition coefficient (Wildman–Crippen LogP) is 3.59. The molecular weight excluding hydrogens is 281 g/mol. The van der Waals surface area contributed by atoms with E-state index < -0.39 is 23.4 Å². The minimum Gasteiger partial charge on any atom is -0.292 e. The highest BCUT2D eigenvalue weighted by Crippen LogP contribution is 2.29. The van der Waals surface area contributed by atoms with Crippen LogP contribution in [-0.2, 0) is 6.18 Å². The Morgan fingerprint density at radius 2 is 1.86 bits per heavy atom. The van der Waals surface area contributed by atoms with Crippen LogP contribution in [0.1, 0.15) is 27.4 Å². The molecule has 0 spiro atoms. The van der Waals surface area contributed by atoms with E-state index in [1.165, 1.54) is 12.4 Å². The first-order chi connectivity index (χ1) is 9.93. The van der Waals surface area contributed by atoms with Gasteiger partial charge in [-0.3, -0.25) is 9.78 Å². The number of hydrogen-bond acceptors (Lipinski definition) is 3. The third-order valence-corrected chi connectivity index (χ3v) is 2.91. The lowest BCUT2D eigenvalue weighted by Gasteiger charge is -2.10. The van der Waals surface area contributed by atoms with E-state index in [0.717, 1.165) is 24.3 Å². The standard InChI is InChI=1S/C15H9F3N2O/c16-15(17,18)12-5-3-10(4-6-12)14(21)13(8-19)11-2-1-7-20-9-11/h1-7,9,13H. The van der Waals surface area contributed by atoms with Gasteiger partial charge in [0.15, 0.2) is 5.78 Å². The first kappa shape index (κ1) is 14.7. The Labute approximate surface area is 118 Å². The summed E-state index contributed by atoms with van der Waals surface area (Å²) in [6.07, 6.45) is -1.57. The quantitative estimate of drug-likeness (QED) is 0.812. The van der Waals surface area contributed by atoms with E-state index >= 15 is 0 Å². The van der Waals surface area contributed by atoms with E-state index in [-0.39, 0.29) is 5.56 Å². The zero-order chi connectivity index (χ0) is 15.5. The van der Waals surface area contributed by atoms with Gasteiger partial charge in [0.1, 0.15) is 5.92 Å². The number of rotatable bonds is 3. The molecule has 2 aromatic rings. The molecule has 0 aliphatic carbocycles. The second-order valence-corrected chi connectivity index (χ2v) is 4.29. The SMILES string of the molecule is N#CC(C(=O)c1ccc(C(F)(F)F)cc1)c1cccnc1. The molecule has 0 N–H and O–H groups in total. The van der Waals surface area contributed by atoms with Crippen molar-refractivity contribution in [3.8, 4) is 6.07 Å². The average Bonchev–Trinajstić information content (AvgIpc) is 2.48. The van der Waals surface area contributed by atoms with Crippen LogP contribution in [0.3, 0.4) is 0 Å². The number of benzene rings is 1. The summed E-state index contributed by atoms with van der Waals surface area (Å²) in [5, 5.41) is 9.12. The van der Waals surface area contributed by atoms with Crippen LogP contribution < -0.4 is 0 Å². The smallest absolute Gasteiger partial charge is 0.292 e. The molecule has 0 bridgehead atoms. The van der Waals surface area contributed by atoms with Gasteiger partial charge >= 0.3 is 6.18 Å². The molecule has 1 unspecified atom stereocenters. The number of carbonyl (C=O) groups is 1. The van der Waals surface area contributed by atoms with Crippen LogP contribution in [-0.4, -0.2) is 10.8 Å². The van der Waals surface area contributed by atoms with Gasteiger partial charge in [-0.25, -0.2) is 0 Å². The number of nitriles is 1. The van der Waals surface area contributed by atoms with Crippen LogP contribution >= 0.6 is 0 Å². The van der Waals surface area contributed by atoms with Gasteiger partial charge in [0.25, 0.3) is 0 Å². The van der Waals surface area contributed by atoms with Crippen molar-refractivity contribution in [2.24, 2.45) is 0 Å². The van der Waals surface area contributed by atoms with Crippen LogP contribution in [0, 0.1) is 11.3 Å². The molecule has 106 valence electrons. The third kappa shape index (κ3) is 3.26. The molecule has 6 heteroatoms. The fourth-order valence-corrected chi connectivity index (χ4v) is 1.82. The molecule has 1 aromatic heterocycles. The summed E-state index contributed by atoms with van der Waals surface area (Å²) >= 11 is 0. The Morgan fingerprint density at radius 3 is 2.33 bits per heavy atom. The molecule has 0 saturated carbocycles. The van der Waals surface area contributed by atoms with Crippen molar-refractivity contribution in [2.45, 2.75) is 12.1 Å². The maximum Gasteiger partial charge on any atom is 0.416 e. The summed E-state index contributed by atoms with van der Waals surface area (Å²) in [6, 6.07) is 8.80. The molecule has 1 atom stereocenters. The van der Waals surface area contributed by atoms with Gasteiger partial charge in [-0.15, -0.1) is 0 Å². The molecule has 0 aliphatic rings. The van der Waals surface area contributed by atoms with Gasteiger partial charge in [0, 0.05) is 18.0 Å². The summed E-state index contributed by atoms with van der Waals surface area (Å²) in [5.41, 5.74) is -0.378. The van der Waals surface area contributed by atoms with Gasteiger partial charge in [-0.2, -0.15) is 18.4 Å². The Bertz CT molecular complexity index is 673. The van der Waals surface area contributed by atoms with Crippen molar-refractivity contribution >= 4 is 5.78 Å². The van der Waals surface area contributed by atoms with E-state index in [2.05, 4.69) is 4.98 Å². The molecule has 3 nitrogen and oxygen atoms in total. The van der Waals surface area contributed by atoms with Crippen LogP contribution in [0.25, 0.3) is 0 Å². The molecule has 0 amide bonds. The van der Waals surface area contributed by atoms with Crippen molar-refractivity contribution in [3.63, 3.8) is 0 Å². The van der Waals surface area contributed by atoms with Gasteiger partial charge in [-0.1, -0.05) is 18.2 Å². The molecule has 0 saturated heterocycles. The lowest BCUT2D eigenvalue weighted by molar-refractivity contribution is -0.137. The molecular formula is C15H9F3N2O. The van der Waals surface area contributed by atoms with E-state index in [9.17, 15) is 18.0 Å². The fraction of sp³-hybridized carbons (Fsp3) is 0.133. The summed E-state index contributed by atoms with van der Waals surface area (Å²) in [5.74, 6) is -1.64. The number of Topliss-reactive ketones (excluding diaryl/α,β-unsaturated/α-hetero) is 1. The highest BCUT2D eigenvalue weighted by Gasteiger charge is 2.30. The Morgan fingerprint density at radius 1 is 1.19 bits per heavy atom. The molecule has 1 aromatic carbocycles. The average molecular weight is 290 g/mol. The molecule has 21 heavy (non-hydrogen) atoms. The van der Waals surface area contributed by atoms with Gasteiger partial charge < -0.3 is 0 Å². The summed E-state index contributed by atoms with van der Waals surface area (Å²) in [7, 11) is 0. The maximum atomic E-state index is 12.5. The second-order valence-electron chi connectivity index (χ2n) is 4.29. The van der Waals surface area contributed by atoms with E-state index in [4.69, 9.17) is 5.26 Å². The van der Waals surface area contributed by atoms with Gasteiger partial charge in [0.2, 0.25) is 0 Å². The van der Waals surface area contributed by atoms with Crippen LogP contribution in [0.5, 0.6) is 0 Å². The van der Waals surface area contributed by atoms with Crippen LogP contribution in [0.4, 0.5) is 13.2 Å². The molecule has 0 fully saturated rings. The first-order valence-electron chi connectivity index (χ1n) is 5.94. The molecule has 0 aliphatic heterocycles. The predicted molar refractivity (Wildman–Crippen MR) is 68.4 cm³/mol. The number of hydrogen-bond donors (Lipinski definition) is 0. The number of aromatic nitrogens is 1. The van der Waals surface area contributed by atoms with E-state index in [1.807, 2.05) is 6.07 Å². The maximum absolute atomic E-state index is 12.5. The zero-order valence-electron chi connectivity index (χ0n) is 10.6. The lowest BCUT2D eigenvalue weighted by atomic mass is 9.92. The number of halogens is 3. The minimum absolute atomic E-state index is 0.0541. The Hall–Kier alpha value is -2.68. The first-order valence-corrected chi connectivity index (χ1v) is 5.94. The van der Waals surface area contributed by atoms with Gasteiger partial charge in [-0.05, 0) is 23.8 Å². The van der Waals surface area contributed by atoms with Crippen molar-refractivity contribution in [1.29, 1.82) is 5.26 Å². The fourth-order valence-electron chi connectivity index (χ4n) is 1.82. The number of carbonyl (C=O) groups excluding carboxylic acids is 1. The zero-order valence-corrected chi connectivity index (χ0v) is 10.6. The topological polar surface area (TPSA) is 53.8 Å². The van der Waals surface area contributed by atoms with Crippen molar-refractivity contribution in [3.05, 3.63) is 65.5 Å². The van der Waals surface area contributed by atoms with Gasteiger partial charge in [0.05, 0.1) is 11.6 Å². The third-order valence-electron chi connectivity index (χ3n) is 2.91. The number of alkyl halides is 3. The Kier molecular flexibility index (Phi) is 4.03. The highest BCUT2D eigenvalue weighted by atomic mass is 19.4. The summed E-state index contributed by atoms with van der Waals surface area (Å²) in [4.78, 5) is 16.0. The minimum atomic E-state index is -4.46. The van der Waals surface area contributed by atoms with Crippen molar-refractivity contribution in [1.82, 2.24) is 4.98 Å². The Balaban J connectivity index is 2.29. The van der Waals surface area contributed by atoms with Crippen molar-refractivity contribution in [2.75, 3.05) is 0 Å². The normalized spacial score (nSPS) is 12.5. The second kappa shape index (κ2) is 5.75. The summed E-state index contributed by atoms with van der Waals surface area (Å²) in [6.45, 7) is 0.